The Labute approximate surface area is 153 Å². The highest BCUT2D eigenvalue weighted by molar-refractivity contribution is 7.18. The average molecular weight is 377 g/mol. The molecule has 5 nitrogen and oxygen atoms in total. The third kappa shape index (κ3) is 4.45. The number of para-hydroxylation sites is 1. The van der Waals surface area contributed by atoms with Crippen LogP contribution < -0.4 is 10.1 Å². The van der Waals surface area contributed by atoms with Crippen molar-refractivity contribution in [2.75, 3.05) is 20.2 Å². The molecule has 3 aromatic rings. The normalized spacial score (nSPS) is 10.7. The number of carbonyl (C=O) groups is 1. The quantitative estimate of drug-likeness (QED) is 0.665. The average Bonchev–Trinajstić information content (AvgIpc) is 3.03. The molecule has 2 amide bonds. The summed E-state index contributed by atoms with van der Waals surface area (Å²) >= 11 is 1.55. The molecule has 0 saturated heterocycles. The van der Waals surface area contributed by atoms with E-state index in [0.717, 1.165) is 27.4 Å². The second-order valence-electron chi connectivity index (χ2n) is 5.59. The molecule has 3 rings (SSSR count). The first-order chi connectivity index (χ1) is 12.5. The number of fused-ring (bicyclic) bond motifs is 1. The van der Waals surface area contributed by atoms with Crippen LogP contribution in [-0.2, 0) is 6.54 Å². The van der Waals surface area contributed by atoms with Gasteiger partial charge in [0.25, 0.3) is 0 Å². The second kappa shape index (κ2) is 8.09. The number of hydrogen-bond donors (Lipinski definition) is 1. The molecule has 1 N–H and O–H groups in total. The molecular formula is C18H17F2N3O2S. The van der Waals surface area contributed by atoms with E-state index in [1.54, 1.807) is 18.4 Å². The molecular weight excluding hydrogens is 360 g/mol. The van der Waals surface area contributed by atoms with Gasteiger partial charge in [0, 0.05) is 13.1 Å². The van der Waals surface area contributed by atoms with Crippen molar-refractivity contribution in [1.29, 1.82) is 0 Å². The Kier molecular flexibility index (Phi) is 5.62. The van der Waals surface area contributed by atoms with Gasteiger partial charge in [0.1, 0.15) is 17.4 Å². The number of urea groups is 1. The number of nitrogens with zero attached hydrogens (tertiary/aromatic N) is 2. The Morgan fingerprint density at radius 3 is 2.81 bits per heavy atom. The molecule has 2 aromatic carbocycles. The summed E-state index contributed by atoms with van der Waals surface area (Å²) < 4.78 is 32.3. The minimum Gasteiger partial charge on any atom is -0.492 e. The lowest BCUT2D eigenvalue weighted by Crippen LogP contribution is -2.38. The second-order valence-corrected chi connectivity index (χ2v) is 6.70. The van der Waals surface area contributed by atoms with Gasteiger partial charge in [0.05, 0.1) is 23.3 Å². The predicted molar refractivity (Wildman–Crippen MR) is 96.3 cm³/mol. The number of halogens is 2. The monoisotopic (exact) mass is 377 g/mol. The Morgan fingerprint density at radius 1 is 1.23 bits per heavy atom. The van der Waals surface area contributed by atoms with Crippen LogP contribution in [0, 0.1) is 11.6 Å². The molecule has 0 aliphatic heterocycles. The van der Waals surface area contributed by atoms with Crippen molar-refractivity contribution >= 4 is 27.6 Å². The SMILES string of the molecule is CN(Cc1nc2ccccc2s1)C(=O)NCCOc1ccc(F)c(F)c1. The molecule has 0 bridgehead atoms. The van der Waals surface area contributed by atoms with E-state index in [9.17, 15) is 13.6 Å². The smallest absolute Gasteiger partial charge is 0.317 e. The molecule has 0 atom stereocenters. The molecule has 1 heterocycles. The summed E-state index contributed by atoms with van der Waals surface area (Å²) in [6.45, 7) is 0.781. The van der Waals surface area contributed by atoms with Crippen LogP contribution in [0.2, 0.25) is 0 Å². The summed E-state index contributed by atoms with van der Waals surface area (Å²) in [5, 5.41) is 3.55. The maximum atomic E-state index is 13.1. The lowest BCUT2D eigenvalue weighted by Gasteiger charge is -2.16. The molecule has 0 spiro atoms. The highest BCUT2D eigenvalue weighted by Gasteiger charge is 2.12. The van der Waals surface area contributed by atoms with Gasteiger partial charge in [0.15, 0.2) is 11.6 Å². The number of rotatable bonds is 6. The van der Waals surface area contributed by atoms with Crippen LogP contribution in [-0.4, -0.2) is 36.1 Å². The fourth-order valence-corrected chi connectivity index (χ4v) is 3.31. The van der Waals surface area contributed by atoms with Crippen molar-refractivity contribution in [3.63, 3.8) is 0 Å². The molecule has 0 fully saturated rings. The van der Waals surface area contributed by atoms with Crippen LogP contribution in [0.3, 0.4) is 0 Å². The van der Waals surface area contributed by atoms with Gasteiger partial charge in [-0.15, -0.1) is 11.3 Å². The largest absolute Gasteiger partial charge is 0.492 e. The number of aromatic nitrogens is 1. The number of amides is 2. The summed E-state index contributed by atoms with van der Waals surface area (Å²) in [7, 11) is 1.68. The maximum Gasteiger partial charge on any atom is 0.317 e. The van der Waals surface area contributed by atoms with E-state index in [0.29, 0.717) is 6.54 Å². The van der Waals surface area contributed by atoms with Gasteiger partial charge in [-0.2, -0.15) is 0 Å². The van der Waals surface area contributed by atoms with E-state index in [1.807, 2.05) is 24.3 Å². The minimum atomic E-state index is -0.970. The van der Waals surface area contributed by atoms with Crippen LogP contribution in [0.4, 0.5) is 13.6 Å². The zero-order valence-corrected chi connectivity index (χ0v) is 14.9. The first kappa shape index (κ1) is 18.1. The predicted octanol–water partition coefficient (Wildman–Crippen LogP) is 3.79. The molecule has 26 heavy (non-hydrogen) atoms. The number of thiazole rings is 1. The third-order valence-corrected chi connectivity index (χ3v) is 4.62. The van der Waals surface area contributed by atoms with Gasteiger partial charge < -0.3 is 15.0 Å². The molecule has 1 aromatic heterocycles. The number of hydrogen-bond acceptors (Lipinski definition) is 4. The van der Waals surface area contributed by atoms with Crippen LogP contribution in [0.1, 0.15) is 5.01 Å². The zero-order chi connectivity index (χ0) is 18.5. The van der Waals surface area contributed by atoms with Crippen molar-refractivity contribution in [1.82, 2.24) is 15.2 Å². The van der Waals surface area contributed by atoms with E-state index in [2.05, 4.69) is 10.3 Å². The van der Waals surface area contributed by atoms with Crippen molar-refractivity contribution < 1.29 is 18.3 Å². The Hall–Kier alpha value is -2.74. The fraction of sp³-hybridized carbons (Fsp3) is 0.222. The van der Waals surface area contributed by atoms with Crippen molar-refractivity contribution in [2.45, 2.75) is 6.54 Å². The summed E-state index contributed by atoms with van der Waals surface area (Å²) in [5.74, 6) is -1.69. The highest BCUT2D eigenvalue weighted by atomic mass is 32.1. The first-order valence-electron chi connectivity index (χ1n) is 7.94. The summed E-state index contributed by atoms with van der Waals surface area (Å²) in [6, 6.07) is 10.8. The van der Waals surface area contributed by atoms with E-state index in [4.69, 9.17) is 4.74 Å². The van der Waals surface area contributed by atoms with Crippen molar-refractivity contribution in [2.24, 2.45) is 0 Å². The van der Waals surface area contributed by atoms with Crippen molar-refractivity contribution in [3.05, 3.63) is 59.1 Å². The molecule has 0 unspecified atom stereocenters. The Morgan fingerprint density at radius 2 is 2.04 bits per heavy atom. The highest BCUT2D eigenvalue weighted by Crippen LogP contribution is 2.22. The molecule has 136 valence electrons. The van der Waals surface area contributed by atoms with E-state index in [1.165, 1.54) is 11.0 Å². The number of benzene rings is 2. The minimum absolute atomic E-state index is 0.145. The standard InChI is InChI=1S/C18H17F2N3O2S/c1-23(11-17-22-15-4-2-3-5-16(15)26-17)18(24)21-8-9-25-12-6-7-13(19)14(20)10-12/h2-7,10H,8-9,11H2,1H3,(H,21,24). The van der Waals surface area contributed by atoms with E-state index in [-0.39, 0.29) is 24.9 Å². The number of carbonyl (C=O) groups excluding carboxylic acids is 1. The van der Waals surface area contributed by atoms with Crippen LogP contribution in [0.15, 0.2) is 42.5 Å². The van der Waals surface area contributed by atoms with Crippen molar-refractivity contribution in [3.8, 4) is 5.75 Å². The lowest BCUT2D eigenvalue weighted by atomic mass is 10.3. The Balaban J connectivity index is 1.44. The fourth-order valence-electron chi connectivity index (χ4n) is 2.29. The van der Waals surface area contributed by atoms with E-state index >= 15 is 0 Å². The summed E-state index contributed by atoms with van der Waals surface area (Å²) in [5.41, 5.74) is 0.918. The molecule has 8 heteroatoms. The number of nitrogens with one attached hydrogen (secondary N) is 1. The Bertz CT molecular complexity index is 883. The molecule has 0 aliphatic carbocycles. The van der Waals surface area contributed by atoms with Crippen LogP contribution in [0.5, 0.6) is 5.75 Å². The zero-order valence-electron chi connectivity index (χ0n) is 14.0. The van der Waals surface area contributed by atoms with Gasteiger partial charge in [-0.3, -0.25) is 0 Å². The molecule has 0 radical (unpaired) electrons. The van der Waals surface area contributed by atoms with Gasteiger partial charge in [0.2, 0.25) is 0 Å². The topological polar surface area (TPSA) is 54.5 Å². The van der Waals surface area contributed by atoms with Gasteiger partial charge in [-0.05, 0) is 24.3 Å². The van der Waals surface area contributed by atoms with Gasteiger partial charge in [-0.25, -0.2) is 18.6 Å². The molecule has 0 aliphatic rings. The maximum absolute atomic E-state index is 13.1. The van der Waals surface area contributed by atoms with Gasteiger partial charge >= 0.3 is 6.03 Å². The summed E-state index contributed by atoms with van der Waals surface area (Å²) in [6.07, 6.45) is 0. The third-order valence-electron chi connectivity index (χ3n) is 3.60. The molecule has 0 saturated carbocycles. The van der Waals surface area contributed by atoms with Gasteiger partial charge in [-0.1, -0.05) is 12.1 Å². The first-order valence-corrected chi connectivity index (χ1v) is 8.76. The lowest BCUT2D eigenvalue weighted by molar-refractivity contribution is 0.203. The van der Waals surface area contributed by atoms with Crippen LogP contribution in [0.25, 0.3) is 10.2 Å². The summed E-state index contributed by atoms with van der Waals surface area (Å²) in [4.78, 5) is 18.1. The van der Waals surface area contributed by atoms with E-state index < -0.39 is 11.6 Å². The number of ether oxygens (including phenoxy) is 1. The van der Waals surface area contributed by atoms with Crippen LogP contribution >= 0.6 is 11.3 Å².